The predicted molar refractivity (Wildman–Crippen MR) is 76.2 cm³/mol. The van der Waals surface area contributed by atoms with Gasteiger partial charge in [0.2, 0.25) is 0 Å². The fraction of sp³-hybridized carbons (Fsp3) is 0.600. The molecule has 1 aromatic carbocycles. The molecule has 2 nitrogen and oxygen atoms in total. The van der Waals surface area contributed by atoms with Gasteiger partial charge < -0.3 is 10.1 Å². The lowest BCUT2D eigenvalue weighted by atomic mass is 10.1. The molecule has 1 heterocycles. The quantitative estimate of drug-likeness (QED) is 0.826. The van der Waals surface area contributed by atoms with Gasteiger partial charge in [0.1, 0.15) is 0 Å². The minimum absolute atomic E-state index is 0.0720. The van der Waals surface area contributed by atoms with E-state index in [1.165, 1.54) is 12.0 Å². The van der Waals surface area contributed by atoms with E-state index in [1.54, 1.807) is 0 Å². The number of rotatable bonds is 5. The molecule has 3 heteroatoms. The van der Waals surface area contributed by atoms with Crippen LogP contribution in [0.25, 0.3) is 0 Å². The minimum Gasteiger partial charge on any atom is -0.371 e. The molecule has 1 aliphatic heterocycles. The van der Waals surface area contributed by atoms with Crippen LogP contribution in [-0.2, 0) is 11.2 Å². The Morgan fingerprint density at radius 1 is 1.33 bits per heavy atom. The molecule has 100 valence electrons. The first kappa shape index (κ1) is 13.9. The van der Waals surface area contributed by atoms with Crippen LogP contribution in [0.5, 0.6) is 0 Å². The lowest BCUT2D eigenvalue weighted by Crippen LogP contribution is -2.30. The molecule has 0 radical (unpaired) electrons. The second-order valence-electron chi connectivity index (χ2n) is 5.62. The van der Waals surface area contributed by atoms with Crippen molar-refractivity contribution in [1.29, 1.82) is 0 Å². The van der Waals surface area contributed by atoms with Crippen LogP contribution in [0.3, 0.4) is 0 Å². The van der Waals surface area contributed by atoms with Crippen LogP contribution in [0.1, 0.15) is 32.3 Å². The predicted octanol–water partition coefficient (Wildman–Crippen LogP) is 3.43. The molecule has 1 aromatic rings. The SMILES string of the molecule is CC1(C)CCC(CNCCc2ccc(Cl)cc2)O1. The van der Waals surface area contributed by atoms with Crippen LogP contribution in [0, 0.1) is 0 Å². The molecule has 0 bridgehead atoms. The normalized spacial score (nSPS) is 22.3. The smallest absolute Gasteiger partial charge is 0.0707 e. The molecule has 1 unspecified atom stereocenters. The fourth-order valence-corrected chi connectivity index (χ4v) is 2.49. The second kappa shape index (κ2) is 6.05. The Kier molecular flexibility index (Phi) is 4.66. The lowest BCUT2D eigenvalue weighted by molar-refractivity contribution is -0.0140. The average Bonchev–Trinajstić information content (AvgIpc) is 2.67. The van der Waals surface area contributed by atoms with Gasteiger partial charge in [-0.1, -0.05) is 23.7 Å². The summed E-state index contributed by atoms with van der Waals surface area (Å²) in [5.41, 5.74) is 1.39. The zero-order valence-corrected chi connectivity index (χ0v) is 12.0. The van der Waals surface area contributed by atoms with E-state index in [4.69, 9.17) is 16.3 Å². The number of nitrogens with one attached hydrogen (secondary N) is 1. The van der Waals surface area contributed by atoms with Gasteiger partial charge in [-0.15, -0.1) is 0 Å². The molecule has 1 saturated heterocycles. The first-order valence-electron chi connectivity index (χ1n) is 6.68. The molecule has 1 atom stereocenters. The van der Waals surface area contributed by atoms with Gasteiger partial charge in [0.15, 0.2) is 0 Å². The van der Waals surface area contributed by atoms with Crippen molar-refractivity contribution in [2.24, 2.45) is 0 Å². The molecular formula is C15H22ClNO. The number of ether oxygens (including phenoxy) is 1. The van der Waals surface area contributed by atoms with Crippen molar-refractivity contribution in [3.05, 3.63) is 34.9 Å². The Hall–Kier alpha value is -0.570. The van der Waals surface area contributed by atoms with Gasteiger partial charge in [0.25, 0.3) is 0 Å². The van der Waals surface area contributed by atoms with Crippen LogP contribution in [-0.4, -0.2) is 24.8 Å². The fourth-order valence-electron chi connectivity index (χ4n) is 2.37. The van der Waals surface area contributed by atoms with Crippen LogP contribution in [0.2, 0.25) is 5.02 Å². The van der Waals surface area contributed by atoms with E-state index in [0.717, 1.165) is 31.0 Å². The Labute approximate surface area is 115 Å². The summed E-state index contributed by atoms with van der Waals surface area (Å²) in [5, 5.41) is 4.27. The monoisotopic (exact) mass is 267 g/mol. The minimum atomic E-state index is 0.0720. The number of hydrogen-bond acceptors (Lipinski definition) is 2. The van der Waals surface area contributed by atoms with Gasteiger partial charge >= 0.3 is 0 Å². The highest BCUT2D eigenvalue weighted by atomic mass is 35.5. The van der Waals surface area contributed by atoms with Gasteiger partial charge in [0.05, 0.1) is 11.7 Å². The summed E-state index contributed by atoms with van der Waals surface area (Å²) in [6.45, 7) is 6.28. The largest absolute Gasteiger partial charge is 0.371 e. The molecular weight excluding hydrogens is 246 g/mol. The van der Waals surface area contributed by atoms with Crippen molar-refractivity contribution >= 4 is 11.6 Å². The van der Waals surface area contributed by atoms with E-state index < -0.39 is 0 Å². The molecule has 1 aliphatic rings. The van der Waals surface area contributed by atoms with Crippen molar-refractivity contribution < 1.29 is 4.74 Å². The van der Waals surface area contributed by atoms with Crippen molar-refractivity contribution in [2.75, 3.05) is 13.1 Å². The summed E-state index contributed by atoms with van der Waals surface area (Å²) < 4.78 is 5.94. The Bertz CT molecular complexity index is 375. The van der Waals surface area contributed by atoms with Gasteiger partial charge in [-0.3, -0.25) is 0 Å². The third-order valence-electron chi connectivity index (χ3n) is 3.43. The van der Waals surface area contributed by atoms with E-state index in [0.29, 0.717) is 6.10 Å². The third-order valence-corrected chi connectivity index (χ3v) is 3.68. The number of halogens is 1. The highest BCUT2D eigenvalue weighted by molar-refractivity contribution is 6.30. The Morgan fingerprint density at radius 2 is 2.06 bits per heavy atom. The zero-order valence-electron chi connectivity index (χ0n) is 11.2. The Morgan fingerprint density at radius 3 is 2.67 bits per heavy atom. The molecule has 0 spiro atoms. The molecule has 18 heavy (non-hydrogen) atoms. The van der Waals surface area contributed by atoms with E-state index in [-0.39, 0.29) is 5.60 Å². The van der Waals surface area contributed by atoms with E-state index in [9.17, 15) is 0 Å². The van der Waals surface area contributed by atoms with E-state index in [1.807, 2.05) is 12.1 Å². The standard InChI is InChI=1S/C15H22ClNO/c1-15(2)9-7-14(18-15)11-17-10-8-12-3-5-13(16)6-4-12/h3-6,14,17H,7-11H2,1-2H3. The summed E-state index contributed by atoms with van der Waals surface area (Å²) in [4.78, 5) is 0. The van der Waals surface area contributed by atoms with Crippen molar-refractivity contribution in [3.63, 3.8) is 0 Å². The number of benzene rings is 1. The first-order valence-corrected chi connectivity index (χ1v) is 7.06. The van der Waals surface area contributed by atoms with Gasteiger partial charge in [-0.2, -0.15) is 0 Å². The maximum atomic E-state index is 5.94. The molecule has 1 N–H and O–H groups in total. The van der Waals surface area contributed by atoms with E-state index in [2.05, 4.69) is 31.3 Å². The van der Waals surface area contributed by atoms with Crippen LogP contribution >= 0.6 is 11.6 Å². The lowest BCUT2D eigenvalue weighted by Gasteiger charge is -2.19. The van der Waals surface area contributed by atoms with Gasteiger partial charge in [0, 0.05) is 11.6 Å². The highest BCUT2D eigenvalue weighted by Crippen LogP contribution is 2.28. The summed E-state index contributed by atoms with van der Waals surface area (Å²) >= 11 is 5.85. The summed E-state index contributed by atoms with van der Waals surface area (Å²) in [6.07, 6.45) is 3.75. The summed E-state index contributed by atoms with van der Waals surface area (Å²) in [6, 6.07) is 8.05. The summed E-state index contributed by atoms with van der Waals surface area (Å²) in [7, 11) is 0. The average molecular weight is 268 g/mol. The van der Waals surface area contributed by atoms with Gasteiger partial charge in [-0.05, 0) is 57.4 Å². The molecule has 2 rings (SSSR count). The van der Waals surface area contributed by atoms with Crippen LogP contribution in [0.15, 0.2) is 24.3 Å². The zero-order chi connectivity index (χ0) is 13.0. The van der Waals surface area contributed by atoms with E-state index >= 15 is 0 Å². The van der Waals surface area contributed by atoms with Crippen molar-refractivity contribution in [2.45, 2.75) is 44.8 Å². The topological polar surface area (TPSA) is 21.3 Å². The van der Waals surface area contributed by atoms with Crippen LogP contribution < -0.4 is 5.32 Å². The third kappa shape index (κ3) is 4.27. The first-order chi connectivity index (χ1) is 8.55. The molecule has 1 fully saturated rings. The van der Waals surface area contributed by atoms with Crippen molar-refractivity contribution in [3.8, 4) is 0 Å². The number of hydrogen-bond donors (Lipinski definition) is 1. The molecule has 0 aliphatic carbocycles. The van der Waals surface area contributed by atoms with Crippen molar-refractivity contribution in [1.82, 2.24) is 5.32 Å². The maximum absolute atomic E-state index is 5.94. The molecule has 0 amide bonds. The molecule has 0 aromatic heterocycles. The molecule has 0 saturated carbocycles. The maximum Gasteiger partial charge on any atom is 0.0707 e. The van der Waals surface area contributed by atoms with Gasteiger partial charge in [-0.25, -0.2) is 0 Å². The highest BCUT2D eigenvalue weighted by Gasteiger charge is 2.30. The Balaban J connectivity index is 1.63. The second-order valence-corrected chi connectivity index (χ2v) is 6.06. The summed E-state index contributed by atoms with van der Waals surface area (Å²) in [5.74, 6) is 0. The van der Waals surface area contributed by atoms with Crippen LogP contribution in [0.4, 0.5) is 0 Å².